The molecule has 0 aliphatic carbocycles. The molecule has 1 atom stereocenters. The van der Waals surface area contributed by atoms with Crippen LogP contribution in [0.2, 0.25) is 0 Å². The van der Waals surface area contributed by atoms with Crippen LogP contribution in [-0.2, 0) is 20.7 Å². The Hall–Kier alpha value is -2.32. The Balaban J connectivity index is 1.81. The van der Waals surface area contributed by atoms with Crippen LogP contribution in [-0.4, -0.2) is 29.1 Å². The van der Waals surface area contributed by atoms with E-state index in [2.05, 4.69) is 20.8 Å². The third-order valence-electron chi connectivity index (χ3n) is 3.64. The topological polar surface area (TPSA) is 93.2 Å². The van der Waals surface area contributed by atoms with Crippen molar-refractivity contribution in [2.45, 2.75) is 39.2 Å². The normalized spacial score (nSPS) is 11.8. The standard InChI is InChI=1S/C17H22N4O3S/c1-4-12-7-5-6-8-13(12)18-14(22)9-10-15(23)19-17-21-20-16(25-17)11(2)24-3/h5-8,11H,4,9-10H2,1-3H3,(H,18,22)(H,19,21,23). The lowest BCUT2D eigenvalue weighted by Crippen LogP contribution is -2.17. The van der Waals surface area contributed by atoms with Crippen LogP contribution in [0.4, 0.5) is 10.8 Å². The average Bonchev–Trinajstić information content (AvgIpc) is 3.08. The molecular formula is C17H22N4O3S. The highest BCUT2D eigenvalue weighted by Crippen LogP contribution is 2.23. The first-order valence-electron chi connectivity index (χ1n) is 8.07. The van der Waals surface area contributed by atoms with Crippen LogP contribution in [0.15, 0.2) is 24.3 Å². The number of carbonyl (C=O) groups is 2. The minimum Gasteiger partial charge on any atom is -0.374 e. The van der Waals surface area contributed by atoms with Gasteiger partial charge in [-0.15, -0.1) is 10.2 Å². The zero-order chi connectivity index (χ0) is 18.2. The molecule has 1 unspecified atom stereocenters. The second-order valence-corrected chi connectivity index (χ2v) is 6.44. The van der Waals surface area contributed by atoms with Crippen LogP contribution in [0.1, 0.15) is 43.4 Å². The minimum atomic E-state index is -0.272. The van der Waals surface area contributed by atoms with Crippen molar-refractivity contribution in [2.75, 3.05) is 17.7 Å². The zero-order valence-corrected chi connectivity index (χ0v) is 15.4. The van der Waals surface area contributed by atoms with Gasteiger partial charge in [0.1, 0.15) is 11.1 Å². The monoisotopic (exact) mass is 362 g/mol. The maximum Gasteiger partial charge on any atom is 0.226 e. The van der Waals surface area contributed by atoms with Gasteiger partial charge in [0, 0.05) is 25.6 Å². The second kappa shape index (κ2) is 9.24. The van der Waals surface area contributed by atoms with E-state index >= 15 is 0 Å². The molecule has 7 nitrogen and oxygen atoms in total. The number of methoxy groups -OCH3 is 1. The summed E-state index contributed by atoms with van der Waals surface area (Å²) in [6.07, 6.45) is 0.835. The Labute approximate surface area is 150 Å². The molecule has 2 N–H and O–H groups in total. The van der Waals surface area contributed by atoms with E-state index in [0.29, 0.717) is 10.1 Å². The number of ether oxygens (including phenoxy) is 1. The van der Waals surface area contributed by atoms with E-state index in [-0.39, 0.29) is 30.8 Å². The number of aromatic nitrogens is 2. The Morgan fingerprint density at radius 3 is 2.52 bits per heavy atom. The summed E-state index contributed by atoms with van der Waals surface area (Å²) in [5, 5.41) is 14.4. The van der Waals surface area contributed by atoms with Crippen molar-refractivity contribution < 1.29 is 14.3 Å². The Kier molecular flexibility index (Phi) is 7.03. The highest BCUT2D eigenvalue weighted by atomic mass is 32.1. The molecule has 2 rings (SSSR count). The number of benzene rings is 1. The molecule has 0 spiro atoms. The summed E-state index contributed by atoms with van der Waals surface area (Å²) >= 11 is 1.26. The first kappa shape index (κ1) is 19.0. The van der Waals surface area contributed by atoms with Gasteiger partial charge < -0.3 is 15.4 Å². The molecule has 0 saturated heterocycles. The fraction of sp³-hybridized carbons (Fsp3) is 0.412. The van der Waals surface area contributed by atoms with E-state index in [1.54, 1.807) is 7.11 Å². The van der Waals surface area contributed by atoms with Crippen LogP contribution in [0.5, 0.6) is 0 Å². The average molecular weight is 362 g/mol. The van der Waals surface area contributed by atoms with E-state index < -0.39 is 0 Å². The summed E-state index contributed by atoms with van der Waals surface area (Å²) < 4.78 is 5.15. The lowest BCUT2D eigenvalue weighted by molar-refractivity contribution is -0.121. The molecule has 1 aromatic heterocycles. The number of anilines is 2. The molecule has 1 heterocycles. The summed E-state index contributed by atoms with van der Waals surface area (Å²) in [6, 6.07) is 7.63. The number of aryl methyl sites for hydroxylation is 1. The summed E-state index contributed by atoms with van der Waals surface area (Å²) in [4.78, 5) is 24.0. The Bertz CT molecular complexity index is 732. The maximum atomic E-state index is 12.0. The molecule has 25 heavy (non-hydrogen) atoms. The predicted molar refractivity (Wildman–Crippen MR) is 97.6 cm³/mol. The molecule has 0 aliphatic heterocycles. The molecule has 0 aliphatic rings. The number of hydrogen-bond donors (Lipinski definition) is 2. The van der Waals surface area contributed by atoms with Crippen LogP contribution in [0, 0.1) is 0 Å². The van der Waals surface area contributed by atoms with Gasteiger partial charge in [0.2, 0.25) is 16.9 Å². The number of rotatable bonds is 8. The third-order valence-corrected chi connectivity index (χ3v) is 4.64. The summed E-state index contributed by atoms with van der Waals surface area (Å²) in [6.45, 7) is 3.88. The number of nitrogens with one attached hydrogen (secondary N) is 2. The van der Waals surface area contributed by atoms with Crippen molar-refractivity contribution in [3.8, 4) is 0 Å². The number of nitrogens with zero attached hydrogens (tertiary/aromatic N) is 2. The summed E-state index contributed by atoms with van der Waals surface area (Å²) in [7, 11) is 1.58. The molecule has 0 saturated carbocycles. The van der Waals surface area contributed by atoms with E-state index in [9.17, 15) is 9.59 Å². The van der Waals surface area contributed by atoms with Gasteiger partial charge in [0.05, 0.1) is 0 Å². The van der Waals surface area contributed by atoms with Crippen LogP contribution < -0.4 is 10.6 Å². The molecule has 2 amide bonds. The van der Waals surface area contributed by atoms with Crippen LogP contribution in [0.25, 0.3) is 0 Å². The van der Waals surface area contributed by atoms with E-state index in [0.717, 1.165) is 17.7 Å². The van der Waals surface area contributed by atoms with Gasteiger partial charge in [0.15, 0.2) is 0 Å². The van der Waals surface area contributed by atoms with Crippen molar-refractivity contribution in [1.82, 2.24) is 10.2 Å². The van der Waals surface area contributed by atoms with Gasteiger partial charge in [-0.3, -0.25) is 9.59 Å². The first-order chi connectivity index (χ1) is 12.0. The van der Waals surface area contributed by atoms with E-state index in [1.807, 2.05) is 38.1 Å². The maximum absolute atomic E-state index is 12.0. The fourth-order valence-electron chi connectivity index (χ4n) is 2.12. The lowest BCUT2D eigenvalue weighted by atomic mass is 10.1. The van der Waals surface area contributed by atoms with E-state index in [4.69, 9.17) is 4.74 Å². The molecule has 0 radical (unpaired) electrons. The third kappa shape index (κ3) is 5.61. The summed E-state index contributed by atoms with van der Waals surface area (Å²) in [5.74, 6) is -0.464. The molecule has 8 heteroatoms. The largest absolute Gasteiger partial charge is 0.374 e. The van der Waals surface area contributed by atoms with Crippen molar-refractivity contribution >= 4 is 34.0 Å². The molecule has 1 aromatic carbocycles. The number of carbonyl (C=O) groups excluding carboxylic acids is 2. The highest BCUT2D eigenvalue weighted by Gasteiger charge is 2.14. The smallest absolute Gasteiger partial charge is 0.226 e. The van der Waals surface area contributed by atoms with Crippen molar-refractivity contribution in [3.63, 3.8) is 0 Å². The van der Waals surface area contributed by atoms with Gasteiger partial charge in [-0.05, 0) is 25.0 Å². The molecule has 134 valence electrons. The molecule has 0 fully saturated rings. The summed E-state index contributed by atoms with van der Waals surface area (Å²) in [5.41, 5.74) is 1.85. The number of para-hydroxylation sites is 1. The Morgan fingerprint density at radius 1 is 1.16 bits per heavy atom. The van der Waals surface area contributed by atoms with Crippen molar-refractivity contribution in [3.05, 3.63) is 34.8 Å². The fourth-order valence-corrected chi connectivity index (χ4v) is 2.91. The molecule has 2 aromatic rings. The second-order valence-electron chi connectivity index (χ2n) is 5.43. The van der Waals surface area contributed by atoms with Gasteiger partial charge in [-0.25, -0.2) is 0 Å². The lowest BCUT2D eigenvalue weighted by Gasteiger charge is -2.09. The number of amides is 2. The van der Waals surface area contributed by atoms with Gasteiger partial charge in [-0.2, -0.15) is 0 Å². The predicted octanol–water partition coefficient (Wildman–Crippen LogP) is 3.17. The minimum absolute atomic E-state index is 0.0782. The molecule has 0 bridgehead atoms. The van der Waals surface area contributed by atoms with Crippen molar-refractivity contribution in [1.29, 1.82) is 0 Å². The van der Waals surface area contributed by atoms with Crippen LogP contribution >= 0.6 is 11.3 Å². The van der Waals surface area contributed by atoms with Crippen molar-refractivity contribution in [2.24, 2.45) is 0 Å². The quantitative estimate of drug-likeness (QED) is 0.752. The Morgan fingerprint density at radius 2 is 1.84 bits per heavy atom. The first-order valence-corrected chi connectivity index (χ1v) is 8.89. The number of hydrogen-bond acceptors (Lipinski definition) is 6. The van der Waals surface area contributed by atoms with Gasteiger partial charge in [-0.1, -0.05) is 36.5 Å². The molecular weight excluding hydrogens is 340 g/mol. The zero-order valence-electron chi connectivity index (χ0n) is 14.5. The van der Waals surface area contributed by atoms with Gasteiger partial charge in [0.25, 0.3) is 0 Å². The van der Waals surface area contributed by atoms with E-state index in [1.165, 1.54) is 11.3 Å². The SMILES string of the molecule is CCc1ccccc1NC(=O)CCC(=O)Nc1nnc(C(C)OC)s1. The highest BCUT2D eigenvalue weighted by molar-refractivity contribution is 7.15. The van der Waals surface area contributed by atoms with Crippen LogP contribution in [0.3, 0.4) is 0 Å². The van der Waals surface area contributed by atoms with Gasteiger partial charge >= 0.3 is 0 Å².